The van der Waals surface area contributed by atoms with Crippen LogP contribution in [0.3, 0.4) is 0 Å². The first kappa shape index (κ1) is 17.7. The molecule has 1 aliphatic heterocycles. The number of hydrogen-bond acceptors (Lipinski definition) is 3. The molecule has 2 heterocycles. The van der Waals surface area contributed by atoms with E-state index in [0.717, 1.165) is 22.0 Å². The standard InChI is InChI=1S/C24H17ClN2O2/c25-18-12-10-17(11-13-18)21-15-22(23-9-4-14-29-23)27(26-21)24(28)20-8-3-6-16-5-1-2-7-19(16)20/h1-14,22H,15H2. The summed E-state index contributed by atoms with van der Waals surface area (Å²) in [4.78, 5) is 13.6. The Balaban J connectivity index is 1.59. The maximum absolute atomic E-state index is 13.6. The van der Waals surface area contributed by atoms with Crippen molar-refractivity contribution in [1.29, 1.82) is 0 Å². The van der Waals surface area contributed by atoms with Gasteiger partial charge in [0.25, 0.3) is 5.91 Å². The number of fused-ring (bicyclic) bond motifs is 1. The zero-order valence-electron chi connectivity index (χ0n) is 15.5. The molecule has 29 heavy (non-hydrogen) atoms. The van der Waals surface area contributed by atoms with Crippen molar-refractivity contribution in [2.75, 3.05) is 0 Å². The van der Waals surface area contributed by atoms with Crippen LogP contribution in [0, 0.1) is 0 Å². The molecule has 0 saturated carbocycles. The van der Waals surface area contributed by atoms with E-state index in [-0.39, 0.29) is 11.9 Å². The number of amides is 1. The Labute approximate surface area is 173 Å². The average molecular weight is 401 g/mol. The van der Waals surface area contributed by atoms with Gasteiger partial charge in [0.15, 0.2) is 0 Å². The monoisotopic (exact) mass is 400 g/mol. The van der Waals surface area contributed by atoms with Crippen LogP contribution in [-0.2, 0) is 0 Å². The normalized spacial score (nSPS) is 16.2. The third kappa shape index (κ3) is 3.22. The highest BCUT2D eigenvalue weighted by Gasteiger charge is 2.35. The second kappa shape index (κ2) is 7.22. The van der Waals surface area contributed by atoms with Gasteiger partial charge in [-0.05, 0) is 46.7 Å². The highest BCUT2D eigenvalue weighted by molar-refractivity contribution is 6.30. The van der Waals surface area contributed by atoms with Gasteiger partial charge in [0.1, 0.15) is 11.8 Å². The maximum Gasteiger partial charge on any atom is 0.275 e. The number of halogens is 1. The Morgan fingerprint density at radius 2 is 1.76 bits per heavy atom. The fourth-order valence-corrected chi connectivity index (χ4v) is 3.88. The second-order valence-corrected chi connectivity index (χ2v) is 7.40. The van der Waals surface area contributed by atoms with Crippen LogP contribution in [0.5, 0.6) is 0 Å². The Bertz CT molecular complexity index is 1210. The molecule has 4 aromatic rings. The summed E-state index contributed by atoms with van der Waals surface area (Å²) in [7, 11) is 0. The van der Waals surface area contributed by atoms with Crippen molar-refractivity contribution in [3.63, 3.8) is 0 Å². The summed E-state index contributed by atoms with van der Waals surface area (Å²) in [5, 5.41) is 8.85. The summed E-state index contributed by atoms with van der Waals surface area (Å²) in [5.74, 6) is 0.568. The quantitative estimate of drug-likeness (QED) is 0.418. The summed E-state index contributed by atoms with van der Waals surface area (Å²) in [6.45, 7) is 0. The maximum atomic E-state index is 13.6. The van der Waals surface area contributed by atoms with E-state index in [0.29, 0.717) is 22.8 Å². The molecule has 0 N–H and O–H groups in total. The van der Waals surface area contributed by atoms with Crippen LogP contribution >= 0.6 is 11.6 Å². The number of nitrogens with zero attached hydrogens (tertiary/aromatic N) is 2. The first-order chi connectivity index (χ1) is 14.2. The Morgan fingerprint density at radius 1 is 0.966 bits per heavy atom. The molecule has 0 radical (unpaired) electrons. The molecule has 1 aromatic heterocycles. The van der Waals surface area contributed by atoms with Gasteiger partial charge < -0.3 is 4.42 Å². The first-order valence-corrected chi connectivity index (χ1v) is 9.76. The van der Waals surface area contributed by atoms with Crippen molar-refractivity contribution in [3.05, 3.63) is 107 Å². The lowest BCUT2D eigenvalue weighted by atomic mass is 10.0. The SMILES string of the molecule is O=C(c1cccc2ccccc12)N1N=C(c2ccc(Cl)cc2)CC1c1ccco1. The average Bonchev–Trinajstić information content (AvgIpc) is 3.43. The van der Waals surface area contributed by atoms with E-state index in [4.69, 9.17) is 21.1 Å². The van der Waals surface area contributed by atoms with Gasteiger partial charge in [0.05, 0.1) is 12.0 Å². The molecule has 1 atom stereocenters. The zero-order chi connectivity index (χ0) is 19.8. The summed E-state index contributed by atoms with van der Waals surface area (Å²) in [6.07, 6.45) is 2.20. The number of rotatable bonds is 3. The lowest BCUT2D eigenvalue weighted by Crippen LogP contribution is -2.27. The van der Waals surface area contributed by atoms with Gasteiger partial charge in [-0.15, -0.1) is 0 Å². The third-order valence-electron chi connectivity index (χ3n) is 5.19. The van der Waals surface area contributed by atoms with Gasteiger partial charge in [0.2, 0.25) is 0 Å². The highest BCUT2D eigenvalue weighted by Crippen LogP contribution is 2.35. The van der Waals surface area contributed by atoms with Gasteiger partial charge in [-0.1, -0.05) is 60.1 Å². The topological polar surface area (TPSA) is 45.8 Å². The molecule has 0 spiro atoms. The van der Waals surface area contributed by atoms with E-state index < -0.39 is 0 Å². The fraction of sp³-hybridized carbons (Fsp3) is 0.0833. The van der Waals surface area contributed by atoms with E-state index in [1.165, 1.54) is 0 Å². The van der Waals surface area contributed by atoms with Crippen LogP contribution in [0.1, 0.15) is 34.1 Å². The molecule has 0 bridgehead atoms. The molecule has 3 aromatic carbocycles. The number of hydrogen-bond donors (Lipinski definition) is 0. The molecular weight excluding hydrogens is 384 g/mol. The largest absolute Gasteiger partial charge is 0.467 e. The van der Waals surface area contributed by atoms with Crippen LogP contribution in [0.15, 0.2) is 94.6 Å². The molecule has 0 saturated heterocycles. The van der Waals surface area contributed by atoms with E-state index in [1.54, 1.807) is 11.3 Å². The minimum absolute atomic E-state index is 0.146. The van der Waals surface area contributed by atoms with Gasteiger partial charge in [-0.2, -0.15) is 5.10 Å². The van der Waals surface area contributed by atoms with Crippen LogP contribution in [0.25, 0.3) is 10.8 Å². The van der Waals surface area contributed by atoms with E-state index in [9.17, 15) is 4.79 Å². The van der Waals surface area contributed by atoms with Crippen molar-refractivity contribution in [1.82, 2.24) is 5.01 Å². The summed E-state index contributed by atoms with van der Waals surface area (Å²) in [6, 6.07) is 24.6. The van der Waals surface area contributed by atoms with E-state index in [2.05, 4.69) is 0 Å². The Kier molecular flexibility index (Phi) is 4.41. The van der Waals surface area contributed by atoms with Crippen LogP contribution in [0.2, 0.25) is 5.02 Å². The van der Waals surface area contributed by atoms with Crippen molar-refractivity contribution >= 4 is 34.0 Å². The molecule has 5 rings (SSSR count). The minimum Gasteiger partial charge on any atom is -0.467 e. The highest BCUT2D eigenvalue weighted by atomic mass is 35.5. The lowest BCUT2D eigenvalue weighted by Gasteiger charge is -2.20. The molecule has 142 valence electrons. The number of carbonyl (C=O) groups excluding carboxylic acids is 1. The van der Waals surface area contributed by atoms with Crippen molar-refractivity contribution < 1.29 is 9.21 Å². The first-order valence-electron chi connectivity index (χ1n) is 9.39. The smallest absolute Gasteiger partial charge is 0.275 e. The summed E-state index contributed by atoms with van der Waals surface area (Å²) >= 11 is 6.02. The predicted octanol–water partition coefficient (Wildman–Crippen LogP) is 6.08. The molecule has 1 amide bonds. The molecule has 1 unspecified atom stereocenters. The minimum atomic E-state index is -0.290. The van der Waals surface area contributed by atoms with Crippen molar-refractivity contribution in [2.45, 2.75) is 12.5 Å². The lowest BCUT2D eigenvalue weighted by molar-refractivity contribution is 0.0695. The van der Waals surface area contributed by atoms with Gasteiger partial charge in [0, 0.05) is 17.0 Å². The van der Waals surface area contributed by atoms with E-state index >= 15 is 0 Å². The Morgan fingerprint density at radius 3 is 2.55 bits per heavy atom. The van der Waals surface area contributed by atoms with Crippen molar-refractivity contribution in [2.24, 2.45) is 5.10 Å². The molecule has 5 heteroatoms. The fourth-order valence-electron chi connectivity index (χ4n) is 3.75. The molecule has 0 fully saturated rings. The second-order valence-electron chi connectivity index (χ2n) is 6.97. The number of furan rings is 1. The molecular formula is C24H17ClN2O2. The molecule has 0 aliphatic carbocycles. The summed E-state index contributed by atoms with van der Waals surface area (Å²) < 4.78 is 5.64. The Hall–Kier alpha value is -3.37. The van der Waals surface area contributed by atoms with Gasteiger partial charge in [-0.3, -0.25) is 4.79 Å². The molecule has 1 aliphatic rings. The van der Waals surface area contributed by atoms with Gasteiger partial charge >= 0.3 is 0 Å². The number of benzene rings is 3. The van der Waals surface area contributed by atoms with Crippen molar-refractivity contribution in [3.8, 4) is 0 Å². The van der Waals surface area contributed by atoms with Crippen LogP contribution in [-0.4, -0.2) is 16.6 Å². The van der Waals surface area contributed by atoms with Gasteiger partial charge in [-0.25, -0.2) is 5.01 Å². The molecule has 4 nitrogen and oxygen atoms in total. The summed E-state index contributed by atoms with van der Waals surface area (Å²) in [5.41, 5.74) is 2.40. The van der Waals surface area contributed by atoms with Crippen LogP contribution < -0.4 is 0 Å². The third-order valence-corrected chi connectivity index (χ3v) is 5.44. The zero-order valence-corrected chi connectivity index (χ0v) is 16.2. The van der Waals surface area contributed by atoms with Crippen LogP contribution in [0.4, 0.5) is 0 Å². The number of carbonyl (C=O) groups is 1. The predicted molar refractivity (Wildman–Crippen MR) is 114 cm³/mol. The number of hydrazone groups is 1. The van der Waals surface area contributed by atoms with E-state index in [1.807, 2.05) is 78.9 Å².